The lowest BCUT2D eigenvalue weighted by molar-refractivity contribution is 0.0699. The van der Waals surface area contributed by atoms with E-state index in [0.717, 1.165) is 37.3 Å². The summed E-state index contributed by atoms with van der Waals surface area (Å²) in [5.41, 5.74) is 7.75. The van der Waals surface area contributed by atoms with Crippen molar-refractivity contribution in [3.63, 3.8) is 0 Å². The Morgan fingerprint density at radius 3 is 2.78 bits per heavy atom. The van der Waals surface area contributed by atoms with Crippen LogP contribution in [0.15, 0.2) is 30.9 Å². The fourth-order valence-electron chi connectivity index (χ4n) is 2.34. The highest BCUT2D eigenvalue weighted by Gasteiger charge is 2.18. The van der Waals surface area contributed by atoms with Crippen LogP contribution in [0.3, 0.4) is 0 Å². The summed E-state index contributed by atoms with van der Waals surface area (Å²) in [6.07, 6.45) is 7.63. The molecule has 0 aromatic carbocycles. The van der Waals surface area contributed by atoms with Gasteiger partial charge in [0.1, 0.15) is 5.82 Å². The lowest BCUT2D eigenvalue weighted by Gasteiger charge is -2.25. The van der Waals surface area contributed by atoms with Gasteiger partial charge in [-0.25, -0.2) is 9.97 Å². The molecule has 5 nitrogen and oxygen atoms in total. The molecule has 2 N–H and O–H groups in total. The highest BCUT2D eigenvalue weighted by atomic mass is 16.5. The maximum Gasteiger partial charge on any atom is 0.123 e. The van der Waals surface area contributed by atoms with Crippen molar-refractivity contribution in [1.82, 2.24) is 14.5 Å². The van der Waals surface area contributed by atoms with Gasteiger partial charge >= 0.3 is 0 Å². The average Bonchev–Trinajstić information content (AvgIpc) is 2.90. The van der Waals surface area contributed by atoms with Gasteiger partial charge in [-0.1, -0.05) is 0 Å². The van der Waals surface area contributed by atoms with Gasteiger partial charge in [0.15, 0.2) is 0 Å². The Morgan fingerprint density at radius 1 is 1.22 bits per heavy atom. The van der Waals surface area contributed by atoms with Crippen LogP contribution in [0.4, 0.5) is 5.82 Å². The molecule has 0 aliphatic carbocycles. The summed E-state index contributed by atoms with van der Waals surface area (Å²) in [7, 11) is 0. The average molecular weight is 244 g/mol. The van der Waals surface area contributed by atoms with Crippen LogP contribution in [-0.4, -0.2) is 27.7 Å². The first-order chi connectivity index (χ1) is 8.84. The molecule has 1 aliphatic heterocycles. The van der Waals surface area contributed by atoms with E-state index in [-0.39, 0.29) is 0 Å². The first-order valence-corrected chi connectivity index (χ1v) is 6.16. The quantitative estimate of drug-likeness (QED) is 0.876. The Balaban J connectivity index is 1.93. The van der Waals surface area contributed by atoms with Crippen molar-refractivity contribution in [1.29, 1.82) is 0 Å². The maximum absolute atomic E-state index is 5.61. The van der Waals surface area contributed by atoms with Gasteiger partial charge in [0.05, 0.1) is 18.2 Å². The van der Waals surface area contributed by atoms with E-state index in [1.807, 2.05) is 24.7 Å². The minimum atomic E-state index is 0.466. The van der Waals surface area contributed by atoms with Crippen molar-refractivity contribution >= 4 is 5.82 Å². The molecule has 0 atom stereocenters. The Kier molecular flexibility index (Phi) is 2.98. The third-order valence-corrected chi connectivity index (χ3v) is 3.33. The highest BCUT2D eigenvalue weighted by molar-refractivity contribution is 5.59. The number of hydrogen-bond donors (Lipinski definition) is 1. The molecule has 0 spiro atoms. The topological polar surface area (TPSA) is 66.0 Å². The number of nitrogen functional groups attached to an aromatic ring is 1. The number of nitrogens with zero attached hydrogens (tertiary/aromatic N) is 3. The summed E-state index contributed by atoms with van der Waals surface area (Å²) >= 11 is 0. The van der Waals surface area contributed by atoms with Crippen molar-refractivity contribution in [2.24, 2.45) is 0 Å². The van der Waals surface area contributed by atoms with Crippen LogP contribution in [0.25, 0.3) is 11.3 Å². The molecule has 94 valence electrons. The molecule has 2 aromatic rings. The van der Waals surface area contributed by atoms with E-state index in [2.05, 4.69) is 14.5 Å². The predicted octanol–water partition coefficient (Wildman–Crippen LogP) is 1.88. The summed E-state index contributed by atoms with van der Waals surface area (Å²) in [4.78, 5) is 8.39. The second kappa shape index (κ2) is 4.78. The zero-order chi connectivity index (χ0) is 12.4. The van der Waals surface area contributed by atoms with E-state index in [4.69, 9.17) is 10.5 Å². The van der Waals surface area contributed by atoms with E-state index >= 15 is 0 Å². The maximum atomic E-state index is 5.61. The zero-order valence-electron chi connectivity index (χ0n) is 10.1. The van der Waals surface area contributed by atoms with Crippen LogP contribution in [0.5, 0.6) is 0 Å². The van der Waals surface area contributed by atoms with Gasteiger partial charge in [-0.15, -0.1) is 0 Å². The summed E-state index contributed by atoms with van der Waals surface area (Å²) in [5, 5.41) is 0. The first kappa shape index (κ1) is 11.2. The molecule has 0 radical (unpaired) electrons. The number of nitrogens with two attached hydrogens (primary N) is 1. The van der Waals surface area contributed by atoms with Crippen LogP contribution in [0.2, 0.25) is 0 Å². The fourth-order valence-corrected chi connectivity index (χ4v) is 2.34. The zero-order valence-corrected chi connectivity index (χ0v) is 10.1. The van der Waals surface area contributed by atoms with Gasteiger partial charge in [0.2, 0.25) is 0 Å². The van der Waals surface area contributed by atoms with E-state index < -0.39 is 0 Å². The normalized spacial score (nSPS) is 16.9. The summed E-state index contributed by atoms with van der Waals surface area (Å²) in [5.74, 6) is 0.538. The number of ether oxygens (including phenoxy) is 1. The Morgan fingerprint density at radius 2 is 2.06 bits per heavy atom. The Labute approximate surface area is 106 Å². The van der Waals surface area contributed by atoms with Crippen molar-refractivity contribution in [3.05, 3.63) is 30.9 Å². The second-order valence-electron chi connectivity index (χ2n) is 4.50. The number of pyridine rings is 1. The van der Waals surface area contributed by atoms with Crippen LogP contribution in [0, 0.1) is 0 Å². The second-order valence-corrected chi connectivity index (χ2v) is 4.50. The van der Waals surface area contributed by atoms with Crippen LogP contribution in [-0.2, 0) is 4.74 Å². The fraction of sp³-hybridized carbons (Fsp3) is 0.385. The largest absolute Gasteiger partial charge is 0.384 e. The van der Waals surface area contributed by atoms with Gasteiger partial charge < -0.3 is 15.0 Å². The lowest BCUT2D eigenvalue weighted by Crippen LogP contribution is -2.19. The number of rotatable bonds is 2. The Hall–Kier alpha value is -1.88. The molecule has 5 heteroatoms. The summed E-state index contributed by atoms with van der Waals surface area (Å²) in [6.45, 7) is 1.64. The molecule has 0 amide bonds. The lowest BCUT2D eigenvalue weighted by atomic mass is 10.1. The van der Waals surface area contributed by atoms with Gasteiger partial charge in [-0.2, -0.15) is 0 Å². The number of hydrogen-bond acceptors (Lipinski definition) is 4. The molecule has 2 aromatic heterocycles. The van der Waals surface area contributed by atoms with Crippen molar-refractivity contribution < 1.29 is 4.74 Å². The highest BCUT2D eigenvalue weighted by Crippen LogP contribution is 2.27. The van der Waals surface area contributed by atoms with E-state index in [9.17, 15) is 0 Å². The molecule has 1 fully saturated rings. The Bertz CT molecular complexity index is 514. The molecule has 3 rings (SSSR count). The minimum absolute atomic E-state index is 0.466. The van der Waals surface area contributed by atoms with Crippen LogP contribution < -0.4 is 5.73 Å². The standard InChI is InChI=1S/C13H16N4O/c14-13-2-1-10(7-16-13)12-8-15-9-17(12)11-3-5-18-6-4-11/h1-2,7-9,11H,3-6H2,(H2,14,16). The molecule has 0 saturated carbocycles. The van der Waals surface area contributed by atoms with Crippen molar-refractivity contribution in [2.45, 2.75) is 18.9 Å². The van der Waals surface area contributed by atoms with Gasteiger partial charge in [-0.3, -0.25) is 0 Å². The van der Waals surface area contributed by atoms with Gasteiger partial charge in [0.25, 0.3) is 0 Å². The van der Waals surface area contributed by atoms with E-state index in [1.165, 1.54) is 0 Å². The van der Waals surface area contributed by atoms with Crippen LogP contribution in [0.1, 0.15) is 18.9 Å². The van der Waals surface area contributed by atoms with Crippen molar-refractivity contribution in [3.8, 4) is 11.3 Å². The van der Waals surface area contributed by atoms with Crippen LogP contribution >= 0.6 is 0 Å². The monoisotopic (exact) mass is 244 g/mol. The number of anilines is 1. The van der Waals surface area contributed by atoms with E-state index in [1.54, 1.807) is 6.20 Å². The molecule has 1 saturated heterocycles. The minimum Gasteiger partial charge on any atom is -0.384 e. The number of aromatic nitrogens is 3. The predicted molar refractivity (Wildman–Crippen MR) is 69.0 cm³/mol. The molecule has 0 bridgehead atoms. The number of imidazole rings is 1. The molecular weight excluding hydrogens is 228 g/mol. The molecule has 18 heavy (non-hydrogen) atoms. The molecule has 1 aliphatic rings. The first-order valence-electron chi connectivity index (χ1n) is 6.16. The SMILES string of the molecule is Nc1ccc(-c2cncn2C2CCOCC2)cn1. The van der Waals surface area contributed by atoms with E-state index in [0.29, 0.717) is 11.9 Å². The third-order valence-electron chi connectivity index (χ3n) is 3.33. The smallest absolute Gasteiger partial charge is 0.123 e. The molecular formula is C13H16N4O. The van der Waals surface area contributed by atoms with Crippen molar-refractivity contribution in [2.75, 3.05) is 18.9 Å². The van der Waals surface area contributed by atoms with Gasteiger partial charge in [0, 0.05) is 31.0 Å². The van der Waals surface area contributed by atoms with Gasteiger partial charge in [-0.05, 0) is 25.0 Å². The summed E-state index contributed by atoms with van der Waals surface area (Å²) in [6, 6.07) is 4.26. The molecule has 3 heterocycles. The third kappa shape index (κ3) is 2.09. The summed E-state index contributed by atoms with van der Waals surface area (Å²) < 4.78 is 7.61. The molecule has 0 unspecified atom stereocenters.